The van der Waals surface area contributed by atoms with Crippen LogP contribution in [0, 0.1) is 0 Å². The van der Waals surface area contributed by atoms with E-state index in [1.54, 1.807) is 29.2 Å². The summed E-state index contributed by atoms with van der Waals surface area (Å²) in [6.07, 6.45) is 4.19. The number of fused-ring (bicyclic) bond motifs is 1. The van der Waals surface area contributed by atoms with Crippen molar-refractivity contribution in [1.29, 1.82) is 0 Å². The van der Waals surface area contributed by atoms with E-state index in [9.17, 15) is 14.4 Å². The molecule has 4 rings (SSSR count). The second kappa shape index (κ2) is 7.72. The van der Waals surface area contributed by atoms with Gasteiger partial charge in [-0.2, -0.15) is 0 Å². The second-order valence-corrected chi connectivity index (χ2v) is 7.62. The first-order valence-corrected chi connectivity index (χ1v) is 9.82. The Hall–Kier alpha value is -3.12. The van der Waals surface area contributed by atoms with Gasteiger partial charge in [0.25, 0.3) is 5.91 Å². The fourth-order valence-electron chi connectivity index (χ4n) is 4.02. The van der Waals surface area contributed by atoms with Crippen molar-refractivity contribution in [2.24, 2.45) is 0 Å². The van der Waals surface area contributed by atoms with Crippen molar-refractivity contribution >= 4 is 40.7 Å². The molecule has 148 valence electrons. The number of carbonyl (C=O) groups is 3. The normalized spacial score (nSPS) is 20.6. The van der Waals surface area contributed by atoms with E-state index in [1.165, 1.54) is 12.2 Å². The van der Waals surface area contributed by atoms with Crippen LogP contribution in [-0.4, -0.2) is 34.7 Å². The van der Waals surface area contributed by atoms with E-state index in [0.29, 0.717) is 30.1 Å². The lowest BCUT2D eigenvalue weighted by Crippen LogP contribution is -2.58. The van der Waals surface area contributed by atoms with Gasteiger partial charge < -0.3 is 15.5 Å². The fourth-order valence-corrected chi connectivity index (χ4v) is 4.21. The van der Waals surface area contributed by atoms with Crippen LogP contribution in [0.1, 0.15) is 18.4 Å². The first-order valence-electron chi connectivity index (χ1n) is 9.44. The number of halogens is 1. The molecule has 3 amide bonds. The number of anilines is 2. The third-order valence-corrected chi connectivity index (χ3v) is 5.76. The third-order valence-electron chi connectivity index (χ3n) is 5.43. The molecule has 1 spiro atoms. The van der Waals surface area contributed by atoms with Crippen LogP contribution >= 0.6 is 11.6 Å². The topological polar surface area (TPSA) is 78.5 Å². The second-order valence-electron chi connectivity index (χ2n) is 7.22. The number of nitrogens with one attached hydrogen (secondary N) is 2. The van der Waals surface area contributed by atoms with Gasteiger partial charge in [0.15, 0.2) is 0 Å². The number of hydrogen-bond donors (Lipinski definition) is 2. The zero-order chi connectivity index (χ0) is 20.4. The van der Waals surface area contributed by atoms with Gasteiger partial charge in [-0.3, -0.25) is 14.4 Å². The number of likely N-dealkylation sites (tertiary alicyclic amines) is 1. The van der Waals surface area contributed by atoms with Gasteiger partial charge >= 0.3 is 0 Å². The summed E-state index contributed by atoms with van der Waals surface area (Å²) in [5.41, 5.74) is 1.36. The molecule has 0 bridgehead atoms. The van der Waals surface area contributed by atoms with Gasteiger partial charge in [-0.1, -0.05) is 41.9 Å². The largest absolute Gasteiger partial charge is 0.324 e. The highest BCUT2D eigenvalue weighted by atomic mass is 35.5. The molecule has 0 saturated carbocycles. The lowest BCUT2D eigenvalue weighted by molar-refractivity contribution is -0.139. The predicted molar refractivity (Wildman–Crippen MR) is 112 cm³/mol. The monoisotopic (exact) mass is 409 g/mol. The number of carbonyl (C=O) groups excluding carboxylic acids is 3. The maximum absolute atomic E-state index is 12.9. The number of amides is 3. The first-order chi connectivity index (χ1) is 14.0. The molecule has 2 N–H and O–H groups in total. The average Bonchev–Trinajstić information content (AvgIpc) is 3.13. The molecule has 2 aliphatic heterocycles. The van der Waals surface area contributed by atoms with Crippen LogP contribution in [0.2, 0.25) is 5.02 Å². The maximum atomic E-state index is 12.9. The van der Waals surface area contributed by atoms with Crippen LogP contribution in [-0.2, 0) is 20.8 Å². The zero-order valence-corrected chi connectivity index (χ0v) is 16.4. The number of nitrogens with zero attached hydrogens (tertiary/aromatic N) is 1. The quantitative estimate of drug-likeness (QED) is 0.763. The summed E-state index contributed by atoms with van der Waals surface area (Å²) in [5, 5.41) is 5.99. The molecular weight excluding hydrogens is 390 g/mol. The summed E-state index contributed by atoms with van der Waals surface area (Å²) >= 11 is 6.03. The molecule has 7 heteroatoms. The molecule has 29 heavy (non-hydrogen) atoms. The number of benzene rings is 2. The molecule has 1 saturated heterocycles. The lowest BCUT2D eigenvalue weighted by atomic mass is 9.83. The number of hydrogen-bond acceptors (Lipinski definition) is 3. The molecule has 0 radical (unpaired) electrons. The Morgan fingerprint density at radius 2 is 1.86 bits per heavy atom. The van der Waals surface area contributed by atoms with Gasteiger partial charge in [-0.25, -0.2) is 0 Å². The highest BCUT2D eigenvalue weighted by molar-refractivity contribution is 6.33. The van der Waals surface area contributed by atoms with E-state index in [4.69, 9.17) is 11.6 Å². The standard InChI is InChI=1S/C22H20ClN3O3/c23-16-7-2-4-9-18(16)24-19(27)10-11-20(28)26-13-5-12-22(26)14-15-6-1-3-8-17(15)25-21(22)29/h1-4,6-11H,5,12-14H2,(H,24,27)(H,25,29). The van der Waals surface area contributed by atoms with E-state index < -0.39 is 11.4 Å². The molecule has 2 aliphatic rings. The van der Waals surface area contributed by atoms with Crippen molar-refractivity contribution in [2.45, 2.75) is 24.8 Å². The van der Waals surface area contributed by atoms with E-state index in [1.807, 2.05) is 24.3 Å². The molecular formula is C22H20ClN3O3. The van der Waals surface area contributed by atoms with Gasteiger partial charge in [0, 0.05) is 30.8 Å². The highest BCUT2D eigenvalue weighted by Crippen LogP contribution is 2.39. The van der Waals surface area contributed by atoms with Crippen molar-refractivity contribution in [1.82, 2.24) is 4.90 Å². The molecule has 2 aromatic carbocycles. The van der Waals surface area contributed by atoms with Crippen LogP contribution < -0.4 is 10.6 Å². The predicted octanol–water partition coefficient (Wildman–Crippen LogP) is 3.39. The zero-order valence-electron chi connectivity index (χ0n) is 15.7. The molecule has 1 atom stereocenters. The van der Waals surface area contributed by atoms with E-state index in [2.05, 4.69) is 10.6 Å². The van der Waals surface area contributed by atoms with E-state index in [0.717, 1.165) is 17.7 Å². The summed E-state index contributed by atoms with van der Waals surface area (Å²) in [4.78, 5) is 39.5. The molecule has 2 aromatic rings. The third kappa shape index (κ3) is 3.63. The van der Waals surface area contributed by atoms with Crippen molar-refractivity contribution in [3.8, 4) is 0 Å². The van der Waals surface area contributed by atoms with Crippen LogP contribution in [0.3, 0.4) is 0 Å². The molecule has 0 aromatic heterocycles. The smallest absolute Gasteiger partial charge is 0.250 e. The van der Waals surface area contributed by atoms with Crippen molar-refractivity contribution in [3.05, 3.63) is 71.3 Å². The van der Waals surface area contributed by atoms with Crippen LogP contribution in [0.25, 0.3) is 0 Å². The Labute approximate surface area is 173 Å². The minimum absolute atomic E-state index is 0.170. The van der Waals surface area contributed by atoms with Crippen LogP contribution in [0.4, 0.5) is 11.4 Å². The minimum Gasteiger partial charge on any atom is -0.324 e. The SMILES string of the molecule is O=C(C=CC(=O)N1CCCC12Cc1ccccc1NC2=O)Nc1ccccc1Cl. The Bertz CT molecular complexity index is 1020. The Morgan fingerprint density at radius 1 is 1.10 bits per heavy atom. The van der Waals surface area contributed by atoms with Crippen LogP contribution in [0.5, 0.6) is 0 Å². The molecule has 1 fully saturated rings. The summed E-state index contributed by atoms with van der Waals surface area (Å²) < 4.78 is 0. The van der Waals surface area contributed by atoms with E-state index >= 15 is 0 Å². The van der Waals surface area contributed by atoms with Gasteiger partial charge in [-0.05, 0) is 36.6 Å². The molecule has 0 aliphatic carbocycles. The molecule has 1 unspecified atom stereocenters. The van der Waals surface area contributed by atoms with Gasteiger partial charge in [0.1, 0.15) is 5.54 Å². The fraction of sp³-hybridized carbons (Fsp3) is 0.227. The molecule has 6 nitrogen and oxygen atoms in total. The summed E-state index contributed by atoms with van der Waals surface area (Å²) in [6, 6.07) is 14.5. The minimum atomic E-state index is -0.908. The number of para-hydroxylation sites is 2. The van der Waals surface area contributed by atoms with Gasteiger partial charge in [0.05, 0.1) is 10.7 Å². The van der Waals surface area contributed by atoms with Crippen molar-refractivity contribution in [2.75, 3.05) is 17.2 Å². The Balaban J connectivity index is 1.50. The maximum Gasteiger partial charge on any atom is 0.250 e. The lowest BCUT2D eigenvalue weighted by Gasteiger charge is -2.40. The van der Waals surface area contributed by atoms with Gasteiger partial charge in [0.2, 0.25) is 11.8 Å². The number of rotatable bonds is 3. The highest BCUT2D eigenvalue weighted by Gasteiger charge is 2.51. The van der Waals surface area contributed by atoms with Crippen molar-refractivity contribution in [3.63, 3.8) is 0 Å². The Morgan fingerprint density at radius 3 is 2.69 bits per heavy atom. The van der Waals surface area contributed by atoms with Gasteiger partial charge in [-0.15, -0.1) is 0 Å². The Kier molecular flexibility index (Phi) is 5.11. The summed E-state index contributed by atoms with van der Waals surface area (Å²) in [6.45, 7) is 0.477. The first kappa shape index (κ1) is 19.2. The van der Waals surface area contributed by atoms with E-state index in [-0.39, 0.29) is 11.8 Å². The average molecular weight is 410 g/mol. The van der Waals surface area contributed by atoms with Crippen LogP contribution in [0.15, 0.2) is 60.7 Å². The molecule has 2 heterocycles. The summed E-state index contributed by atoms with van der Waals surface area (Å²) in [7, 11) is 0. The summed E-state index contributed by atoms with van der Waals surface area (Å²) in [5.74, 6) is -0.986. The van der Waals surface area contributed by atoms with Crippen molar-refractivity contribution < 1.29 is 14.4 Å².